The van der Waals surface area contributed by atoms with Gasteiger partial charge in [-0.2, -0.15) is 5.26 Å². The molecule has 1 aromatic rings. The van der Waals surface area contributed by atoms with Gasteiger partial charge in [-0.1, -0.05) is 30.3 Å². The summed E-state index contributed by atoms with van der Waals surface area (Å²) >= 11 is 0. The number of nitrogens with two attached hydrogens (primary N) is 1. The Morgan fingerprint density at radius 1 is 1.17 bits per heavy atom. The van der Waals surface area contributed by atoms with Crippen LogP contribution in [0.25, 0.3) is 0 Å². The highest BCUT2D eigenvalue weighted by atomic mass is 16.2. The van der Waals surface area contributed by atoms with Crippen LogP contribution >= 0.6 is 0 Å². The van der Waals surface area contributed by atoms with E-state index in [0.717, 1.165) is 5.56 Å². The second-order valence-corrected chi connectivity index (χ2v) is 5.67. The van der Waals surface area contributed by atoms with Crippen molar-refractivity contribution in [3.8, 4) is 6.07 Å². The molecule has 1 aromatic carbocycles. The van der Waals surface area contributed by atoms with Crippen molar-refractivity contribution in [2.45, 2.75) is 38.8 Å². The molecule has 128 valence electrons. The zero-order valence-electron chi connectivity index (χ0n) is 13.8. The number of rotatable bonds is 8. The first kappa shape index (κ1) is 19.2. The van der Waals surface area contributed by atoms with E-state index in [1.807, 2.05) is 36.4 Å². The van der Waals surface area contributed by atoms with Gasteiger partial charge in [0.15, 0.2) is 0 Å². The molecular formula is C17H22N4O3. The fourth-order valence-electron chi connectivity index (χ4n) is 2.23. The zero-order chi connectivity index (χ0) is 18.1. The molecule has 3 atom stereocenters. The standard InChI is InChI=1S/C17H22N4O3/c1-11(10-18)8-14(16(19)23)21-17(24)15(20-12(2)22)9-13-6-4-3-5-7-13/h3-7,11,14-15H,8-9H2,1-2H3,(H2,19,23)(H,20,22)(H,21,24)/t11-,14-,15-/m0/s1. The van der Waals surface area contributed by atoms with Gasteiger partial charge >= 0.3 is 0 Å². The normalized spacial score (nSPS) is 13.9. The van der Waals surface area contributed by atoms with Crippen molar-refractivity contribution in [1.82, 2.24) is 10.6 Å². The maximum absolute atomic E-state index is 12.5. The minimum Gasteiger partial charge on any atom is -0.368 e. The molecule has 0 aliphatic heterocycles. The molecular weight excluding hydrogens is 308 g/mol. The molecule has 0 heterocycles. The summed E-state index contributed by atoms with van der Waals surface area (Å²) in [7, 11) is 0. The van der Waals surface area contributed by atoms with Crippen LogP contribution in [-0.2, 0) is 20.8 Å². The molecule has 0 aromatic heterocycles. The van der Waals surface area contributed by atoms with Gasteiger partial charge in [-0.15, -0.1) is 0 Å². The van der Waals surface area contributed by atoms with Gasteiger partial charge in [-0.05, 0) is 18.9 Å². The monoisotopic (exact) mass is 330 g/mol. The van der Waals surface area contributed by atoms with Crippen LogP contribution in [0.3, 0.4) is 0 Å². The van der Waals surface area contributed by atoms with E-state index in [1.54, 1.807) is 6.92 Å². The van der Waals surface area contributed by atoms with Crippen LogP contribution in [0.5, 0.6) is 0 Å². The predicted octanol–water partition coefficient (Wildman–Crippen LogP) is 0.254. The third kappa shape index (κ3) is 6.48. The summed E-state index contributed by atoms with van der Waals surface area (Å²) in [6.45, 7) is 2.95. The molecule has 3 amide bonds. The highest BCUT2D eigenvalue weighted by Crippen LogP contribution is 2.07. The number of hydrogen-bond donors (Lipinski definition) is 3. The first-order valence-corrected chi connectivity index (χ1v) is 7.63. The van der Waals surface area contributed by atoms with Crippen molar-refractivity contribution < 1.29 is 14.4 Å². The van der Waals surface area contributed by atoms with Gasteiger partial charge < -0.3 is 16.4 Å². The molecule has 0 saturated carbocycles. The van der Waals surface area contributed by atoms with E-state index in [1.165, 1.54) is 6.92 Å². The maximum atomic E-state index is 12.5. The lowest BCUT2D eigenvalue weighted by Crippen LogP contribution is -2.53. The summed E-state index contributed by atoms with van der Waals surface area (Å²) in [6.07, 6.45) is 0.404. The van der Waals surface area contributed by atoms with Crippen LogP contribution in [0.15, 0.2) is 30.3 Å². The van der Waals surface area contributed by atoms with E-state index in [4.69, 9.17) is 11.0 Å². The Hall–Kier alpha value is -2.88. The Balaban J connectivity index is 2.84. The molecule has 0 spiro atoms. The molecule has 4 N–H and O–H groups in total. The fraction of sp³-hybridized carbons (Fsp3) is 0.412. The molecule has 0 radical (unpaired) electrons. The van der Waals surface area contributed by atoms with Crippen molar-refractivity contribution >= 4 is 17.7 Å². The number of hydrogen-bond acceptors (Lipinski definition) is 4. The lowest BCUT2D eigenvalue weighted by atomic mass is 10.0. The highest BCUT2D eigenvalue weighted by molar-refractivity contribution is 5.91. The third-order valence-corrected chi connectivity index (χ3v) is 3.45. The molecule has 24 heavy (non-hydrogen) atoms. The molecule has 0 unspecified atom stereocenters. The lowest BCUT2D eigenvalue weighted by Gasteiger charge is -2.22. The first-order valence-electron chi connectivity index (χ1n) is 7.63. The predicted molar refractivity (Wildman–Crippen MR) is 88.3 cm³/mol. The molecule has 0 bridgehead atoms. The Bertz CT molecular complexity index is 624. The van der Waals surface area contributed by atoms with Crippen molar-refractivity contribution in [2.24, 2.45) is 11.7 Å². The van der Waals surface area contributed by atoms with Crippen LogP contribution in [-0.4, -0.2) is 29.8 Å². The Labute approximate surface area is 141 Å². The fourth-order valence-corrected chi connectivity index (χ4v) is 2.23. The Kier molecular flexibility index (Phi) is 7.43. The highest BCUT2D eigenvalue weighted by Gasteiger charge is 2.26. The number of nitrogens with zero attached hydrogens (tertiary/aromatic N) is 1. The average molecular weight is 330 g/mol. The van der Waals surface area contributed by atoms with Crippen LogP contribution in [0.2, 0.25) is 0 Å². The Morgan fingerprint density at radius 3 is 2.29 bits per heavy atom. The summed E-state index contributed by atoms with van der Waals surface area (Å²) in [5, 5.41) is 14.0. The summed E-state index contributed by atoms with van der Waals surface area (Å²) < 4.78 is 0. The first-order chi connectivity index (χ1) is 11.3. The number of nitriles is 1. The van der Waals surface area contributed by atoms with Gasteiger partial charge in [0.1, 0.15) is 12.1 Å². The quantitative estimate of drug-likeness (QED) is 0.632. The Morgan fingerprint density at radius 2 is 1.79 bits per heavy atom. The average Bonchev–Trinajstić information content (AvgIpc) is 2.53. The second-order valence-electron chi connectivity index (χ2n) is 5.67. The van der Waals surface area contributed by atoms with Gasteiger partial charge in [-0.25, -0.2) is 0 Å². The van der Waals surface area contributed by atoms with Crippen molar-refractivity contribution in [3.05, 3.63) is 35.9 Å². The van der Waals surface area contributed by atoms with Gasteiger partial charge in [0, 0.05) is 19.3 Å². The molecule has 0 aliphatic rings. The lowest BCUT2D eigenvalue weighted by molar-refractivity contribution is -0.131. The second kappa shape index (κ2) is 9.30. The number of nitrogens with one attached hydrogen (secondary N) is 2. The minimum absolute atomic E-state index is 0.121. The van der Waals surface area contributed by atoms with Crippen molar-refractivity contribution in [1.29, 1.82) is 5.26 Å². The smallest absolute Gasteiger partial charge is 0.243 e. The van der Waals surface area contributed by atoms with Gasteiger partial charge in [-0.3, -0.25) is 14.4 Å². The molecule has 7 nitrogen and oxygen atoms in total. The molecule has 0 saturated heterocycles. The van der Waals surface area contributed by atoms with E-state index in [0.29, 0.717) is 0 Å². The largest absolute Gasteiger partial charge is 0.368 e. The maximum Gasteiger partial charge on any atom is 0.243 e. The summed E-state index contributed by atoms with van der Waals surface area (Å²) in [4.78, 5) is 35.3. The van der Waals surface area contributed by atoms with Gasteiger partial charge in [0.05, 0.1) is 6.07 Å². The molecule has 0 aliphatic carbocycles. The molecule has 0 fully saturated rings. The van der Waals surface area contributed by atoms with E-state index < -0.39 is 29.8 Å². The van der Waals surface area contributed by atoms with Crippen LogP contribution < -0.4 is 16.4 Å². The SMILES string of the molecule is CC(=O)N[C@@H](Cc1ccccc1)C(=O)N[C@@H](C[C@H](C)C#N)C(N)=O. The van der Waals surface area contributed by atoms with Gasteiger partial charge in [0.2, 0.25) is 17.7 Å². The van der Waals surface area contributed by atoms with Crippen molar-refractivity contribution in [3.63, 3.8) is 0 Å². The minimum atomic E-state index is -0.959. The van der Waals surface area contributed by atoms with E-state index in [-0.39, 0.29) is 18.7 Å². The van der Waals surface area contributed by atoms with Crippen LogP contribution in [0.4, 0.5) is 0 Å². The number of carbonyl (C=O) groups is 3. The topological polar surface area (TPSA) is 125 Å². The van der Waals surface area contributed by atoms with Crippen molar-refractivity contribution in [2.75, 3.05) is 0 Å². The van der Waals surface area contributed by atoms with Gasteiger partial charge in [0.25, 0.3) is 0 Å². The van der Waals surface area contributed by atoms with E-state index in [9.17, 15) is 14.4 Å². The zero-order valence-corrected chi connectivity index (χ0v) is 13.8. The number of carbonyl (C=O) groups excluding carboxylic acids is 3. The third-order valence-electron chi connectivity index (χ3n) is 3.45. The number of amides is 3. The number of benzene rings is 1. The molecule has 7 heteroatoms. The molecule has 1 rings (SSSR count). The summed E-state index contributed by atoms with van der Waals surface area (Å²) in [6, 6.07) is 9.40. The van der Waals surface area contributed by atoms with Crippen LogP contribution in [0, 0.1) is 17.2 Å². The summed E-state index contributed by atoms with van der Waals surface area (Å²) in [5.74, 6) is -2.02. The van der Waals surface area contributed by atoms with E-state index >= 15 is 0 Å². The summed E-state index contributed by atoms with van der Waals surface area (Å²) in [5.41, 5.74) is 6.16. The van der Waals surface area contributed by atoms with Crippen LogP contribution in [0.1, 0.15) is 25.8 Å². The van der Waals surface area contributed by atoms with E-state index in [2.05, 4.69) is 10.6 Å². The number of primary amides is 1.